The Kier molecular flexibility index (Phi) is 4.20. The van der Waals surface area contributed by atoms with Gasteiger partial charge in [0.1, 0.15) is 0 Å². The van der Waals surface area contributed by atoms with Crippen LogP contribution in [0.1, 0.15) is 18.5 Å². The SMILES string of the molecule is CC(c1ccc(Cl)cc1)N(C)C1CS(=O)(=O)CC1O. The van der Waals surface area contributed by atoms with Crippen molar-refractivity contribution in [2.45, 2.75) is 25.1 Å². The van der Waals surface area contributed by atoms with Crippen LogP contribution in [-0.2, 0) is 9.84 Å². The summed E-state index contributed by atoms with van der Waals surface area (Å²) in [4.78, 5) is 1.92. The predicted octanol–water partition coefficient (Wildman–Crippen LogP) is 1.49. The van der Waals surface area contributed by atoms with Gasteiger partial charge in [-0.2, -0.15) is 0 Å². The van der Waals surface area contributed by atoms with Gasteiger partial charge in [0.05, 0.1) is 23.7 Å². The van der Waals surface area contributed by atoms with Gasteiger partial charge in [-0.25, -0.2) is 8.42 Å². The Morgan fingerprint density at radius 1 is 1.32 bits per heavy atom. The highest BCUT2D eigenvalue weighted by Gasteiger charge is 2.40. The third kappa shape index (κ3) is 3.28. The second kappa shape index (κ2) is 5.40. The number of benzene rings is 1. The zero-order valence-electron chi connectivity index (χ0n) is 11.0. The van der Waals surface area contributed by atoms with E-state index in [4.69, 9.17) is 11.6 Å². The van der Waals surface area contributed by atoms with Crippen molar-refractivity contribution in [1.29, 1.82) is 0 Å². The highest BCUT2D eigenvalue weighted by molar-refractivity contribution is 7.91. The molecule has 0 bridgehead atoms. The molecule has 0 aromatic heterocycles. The minimum Gasteiger partial charge on any atom is -0.390 e. The number of hydrogen-bond donors (Lipinski definition) is 1. The zero-order chi connectivity index (χ0) is 14.2. The van der Waals surface area contributed by atoms with Crippen molar-refractivity contribution in [2.75, 3.05) is 18.6 Å². The molecule has 2 rings (SSSR count). The van der Waals surface area contributed by atoms with Crippen molar-refractivity contribution in [2.24, 2.45) is 0 Å². The molecule has 1 aromatic carbocycles. The van der Waals surface area contributed by atoms with Crippen LogP contribution in [0.15, 0.2) is 24.3 Å². The van der Waals surface area contributed by atoms with E-state index in [1.54, 1.807) is 0 Å². The maximum absolute atomic E-state index is 11.6. The third-order valence-corrected chi connectivity index (χ3v) is 5.73. The molecule has 1 N–H and O–H groups in total. The first-order valence-electron chi connectivity index (χ1n) is 6.16. The van der Waals surface area contributed by atoms with E-state index in [2.05, 4.69) is 0 Å². The predicted molar refractivity (Wildman–Crippen MR) is 76.1 cm³/mol. The molecule has 1 fully saturated rings. The van der Waals surface area contributed by atoms with Crippen molar-refractivity contribution in [3.63, 3.8) is 0 Å². The maximum Gasteiger partial charge on any atom is 0.154 e. The number of rotatable bonds is 3. The molecule has 3 unspecified atom stereocenters. The summed E-state index contributed by atoms with van der Waals surface area (Å²) in [6.45, 7) is 1.99. The average Bonchev–Trinajstić information content (AvgIpc) is 2.62. The van der Waals surface area contributed by atoms with Gasteiger partial charge in [-0.1, -0.05) is 23.7 Å². The molecule has 6 heteroatoms. The Morgan fingerprint density at radius 3 is 2.37 bits per heavy atom. The van der Waals surface area contributed by atoms with Crippen LogP contribution in [0.25, 0.3) is 0 Å². The van der Waals surface area contributed by atoms with E-state index < -0.39 is 15.9 Å². The van der Waals surface area contributed by atoms with Crippen LogP contribution < -0.4 is 0 Å². The van der Waals surface area contributed by atoms with Gasteiger partial charge in [0.2, 0.25) is 0 Å². The molecule has 0 radical (unpaired) electrons. The molecule has 1 heterocycles. The van der Waals surface area contributed by atoms with Crippen LogP contribution in [-0.4, -0.2) is 49.1 Å². The Labute approximate surface area is 118 Å². The van der Waals surface area contributed by atoms with Gasteiger partial charge in [0, 0.05) is 11.1 Å². The lowest BCUT2D eigenvalue weighted by atomic mass is 10.0. The largest absolute Gasteiger partial charge is 0.390 e. The standard InChI is InChI=1S/C13H18ClNO3S/c1-9(10-3-5-11(14)6-4-10)15(2)12-7-19(17,18)8-13(12)16/h3-6,9,12-13,16H,7-8H2,1-2H3. The number of likely N-dealkylation sites (N-methyl/N-ethyl adjacent to an activating group) is 1. The quantitative estimate of drug-likeness (QED) is 0.919. The van der Waals surface area contributed by atoms with E-state index in [-0.39, 0.29) is 23.6 Å². The molecule has 19 heavy (non-hydrogen) atoms. The lowest BCUT2D eigenvalue weighted by Crippen LogP contribution is -2.41. The van der Waals surface area contributed by atoms with Crippen molar-refractivity contribution in [1.82, 2.24) is 4.90 Å². The summed E-state index contributed by atoms with van der Waals surface area (Å²) in [5, 5.41) is 10.6. The van der Waals surface area contributed by atoms with Crippen LogP contribution >= 0.6 is 11.6 Å². The minimum atomic E-state index is -3.12. The van der Waals surface area contributed by atoms with Crippen LogP contribution in [0.3, 0.4) is 0 Å². The normalized spacial score (nSPS) is 27.6. The fourth-order valence-electron chi connectivity index (χ4n) is 2.46. The number of hydrogen-bond acceptors (Lipinski definition) is 4. The number of halogens is 1. The van der Waals surface area contributed by atoms with Crippen LogP contribution in [0.4, 0.5) is 0 Å². The molecule has 0 spiro atoms. The average molecular weight is 304 g/mol. The van der Waals surface area contributed by atoms with Crippen molar-refractivity contribution < 1.29 is 13.5 Å². The molecule has 0 aliphatic carbocycles. The molecule has 4 nitrogen and oxygen atoms in total. The second-order valence-electron chi connectivity index (χ2n) is 5.10. The Bertz CT molecular complexity index is 544. The Balaban J connectivity index is 2.15. The molecule has 1 aliphatic rings. The molecule has 0 saturated carbocycles. The van der Waals surface area contributed by atoms with Crippen LogP contribution in [0.5, 0.6) is 0 Å². The summed E-state index contributed by atoms with van der Waals surface area (Å²) in [5.41, 5.74) is 1.04. The van der Waals surface area contributed by atoms with Crippen molar-refractivity contribution in [3.8, 4) is 0 Å². The molecular formula is C13H18ClNO3S. The highest BCUT2D eigenvalue weighted by Crippen LogP contribution is 2.27. The number of aliphatic hydroxyl groups excluding tert-OH is 1. The highest BCUT2D eigenvalue weighted by atomic mass is 35.5. The fourth-order valence-corrected chi connectivity index (χ4v) is 4.45. The topological polar surface area (TPSA) is 57.6 Å². The molecular weight excluding hydrogens is 286 g/mol. The molecule has 106 valence electrons. The monoisotopic (exact) mass is 303 g/mol. The van der Waals surface area contributed by atoms with Crippen molar-refractivity contribution in [3.05, 3.63) is 34.9 Å². The number of nitrogens with zero attached hydrogens (tertiary/aromatic N) is 1. The third-order valence-electron chi connectivity index (χ3n) is 3.78. The fraction of sp³-hybridized carbons (Fsp3) is 0.538. The molecule has 1 aliphatic heterocycles. The van der Waals surface area contributed by atoms with E-state index in [1.807, 2.05) is 43.1 Å². The van der Waals surface area contributed by atoms with Gasteiger partial charge in [-0.05, 0) is 31.7 Å². The van der Waals surface area contributed by atoms with Crippen LogP contribution in [0.2, 0.25) is 5.02 Å². The van der Waals surface area contributed by atoms with Crippen molar-refractivity contribution >= 4 is 21.4 Å². The van der Waals surface area contributed by atoms with E-state index in [0.29, 0.717) is 5.02 Å². The van der Waals surface area contributed by atoms with E-state index in [1.165, 1.54) is 0 Å². The van der Waals surface area contributed by atoms with Gasteiger partial charge < -0.3 is 5.11 Å². The lowest BCUT2D eigenvalue weighted by molar-refractivity contribution is 0.0777. The Morgan fingerprint density at radius 2 is 1.89 bits per heavy atom. The first-order valence-corrected chi connectivity index (χ1v) is 8.36. The zero-order valence-corrected chi connectivity index (χ0v) is 12.5. The van der Waals surface area contributed by atoms with E-state index in [0.717, 1.165) is 5.56 Å². The molecule has 1 saturated heterocycles. The molecule has 0 amide bonds. The Hall–Kier alpha value is -0.620. The molecule has 3 atom stereocenters. The summed E-state index contributed by atoms with van der Waals surface area (Å²) in [7, 11) is -1.28. The van der Waals surface area contributed by atoms with Gasteiger partial charge in [0.15, 0.2) is 9.84 Å². The number of sulfone groups is 1. The van der Waals surface area contributed by atoms with Gasteiger partial charge in [-0.15, -0.1) is 0 Å². The summed E-state index contributed by atoms with van der Waals surface area (Å²) in [6, 6.07) is 7.12. The second-order valence-corrected chi connectivity index (χ2v) is 7.69. The van der Waals surface area contributed by atoms with Crippen LogP contribution in [0, 0.1) is 0 Å². The summed E-state index contributed by atoms with van der Waals surface area (Å²) in [5.74, 6) is -0.127. The lowest BCUT2D eigenvalue weighted by Gasteiger charge is -2.32. The van der Waals surface area contributed by atoms with E-state index >= 15 is 0 Å². The maximum atomic E-state index is 11.6. The van der Waals surface area contributed by atoms with E-state index in [9.17, 15) is 13.5 Å². The minimum absolute atomic E-state index is 0.0165. The summed E-state index contributed by atoms with van der Waals surface area (Å²) >= 11 is 5.85. The first-order chi connectivity index (χ1) is 8.80. The first kappa shape index (κ1) is 14.8. The molecule has 1 aromatic rings. The van der Waals surface area contributed by atoms with Gasteiger partial charge in [0.25, 0.3) is 0 Å². The smallest absolute Gasteiger partial charge is 0.154 e. The number of aliphatic hydroxyl groups is 1. The van der Waals surface area contributed by atoms with Gasteiger partial charge >= 0.3 is 0 Å². The summed E-state index contributed by atoms with van der Waals surface area (Å²) in [6.07, 6.45) is -0.815. The van der Waals surface area contributed by atoms with Gasteiger partial charge in [-0.3, -0.25) is 4.90 Å². The summed E-state index contributed by atoms with van der Waals surface area (Å²) < 4.78 is 23.1.